The molecule has 2 heterocycles. The van der Waals surface area contributed by atoms with Gasteiger partial charge >= 0.3 is 5.97 Å². The van der Waals surface area contributed by atoms with Gasteiger partial charge in [0.15, 0.2) is 10.1 Å². The van der Waals surface area contributed by atoms with Crippen LogP contribution in [0.2, 0.25) is 0 Å². The molecule has 0 bridgehead atoms. The van der Waals surface area contributed by atoms with Gasteiger partial charge in [0, 0.05) is 28.0 Å². The molecule has 0 amide bonds. The molecule has 0 spiro atoms. The number of H-pyrrole nitrogens is 1. The largest absolute Gasteiger partial charge is 0.466 e. The molecule has 0 aliphatic carbocycles. The zero-order valence-corrected chi connectivity index (χ0v) is 18.0. The summed E-state index contributed by atoms with van der Waals surface area (Å²) in [6, 6.07) is 17.5. The number of nitrogens with zero attached hydrogens (tertiary/aromatic N) is 1. The van der Waals surface area contributed by atoms with Crippen molar-refractivity contribution in [2.24, 2.45) is 0 Å². The van der Waals surface area contributed by atoms with Gasteiger partial charge in [0.1, 0.15) is 5.25 Å². The van der Waals surface area contributed by atoms with Gasteiger partial charge in [-0.05, 0) is 18.6 Å². The topological polar surface area (TPSA) is 72.1 Å². The highest BCUT2D eigenvalue weighted by molar-refractivity contribution is 8.01. The van der Waals surface area contributed by atoms with E-state index >= 15 is 0 Å². The second kappa shape index (κ2) is 9.28. The van der Waals surface area contributed by atoms with E-state index < -0.39 is 5.25 Å². The Balaban J connectivity index is 1.62. The fourth-order valence-corrected chi connectivity index (χ4v) is 5.30. The van der Waals surface area contributed by atoms with Crippen molar-refractivity contribution in [3.05, 3.63) is 83.0 Å². The van der Waals surface area contributed by atoms with Gasteiger partial charge in [0.25, 0.3) is 0 Å². The van der Waals surface area contributed by atoms with E-state index in [1.807, 2.05) is 60.0 Å². The van der Waals surface area contributed by atoms with Crippen molar-refractivity contribution in [2.75, 3.05) is 6.61 Å². The van der Waals surface area contributed by atoms with Crippen molar-refractivity contribution in [2.45, 2.75) is 22.9 Å². The highest BCUT2D eigenvalue weighted by atomic mass is 32.2. The second-order valence-electron chi connectivity index (χ2n) is 6.61. The number of fused-ring (bicyclic) bond motifs is 1. The predicted molar refractivity (Wildman–Crippen MR) is 120 cm³/mol. The van der Waals surface area contributed by atoms with E-state index in [9.17, 15) is 9.59 Å². The molecule has 0 fully saturated rings. The van der Waals surface area contributed by atoms with Crippen LogP contribution in [-0.4, -0.2) is 28.3 Å². The Bertz CT molecular complexity index is 1170. The van der Waals surface area contributed by atoms with Gasteiger partial charge in [-0.15, -0.1) is 11.3 Å². The molecule has 0 radical (unpaired) electrons. The molecule has 1 atom stereocenters. The molecular formula is C23H20N2O3S2. The molecular weight excluding hydrogens is 416 g/mol. The van der Waals surface area contributed by atoms with Crippen LogP contribution in [0.15, 0.2) is 70.5 Å². The third-order valence-corrected chi connectivity index (χ3v) is 6.85. The Morgan fingerprint density at radius 3 is 2.70 bits per heavy atom. The van der Waals surface area contributed by atoms with E-state index in [1.165, 1.54) is 23.1 Å². The molecule has 152 valence electrons. The first-order valence-electron chi connectivity index (χ1n) is 9.57. The molecule has 4 aromatic rings. The van der Waals surface area contributed by atoms with Crippen molar-refractivity contribution in [3.63, 3.8) is 0 Å². The number of esters is 1. The van der Waals surface area contributed by atoms with Gasteiger partial charge in [-0.1, -0.05) is 60.3 Å². The van der Waals surface area contributed by atoms with E-state index in [0.717, 1.165) is 20.8 Å². The van der Waals surface area contributed by atoms with Crippen LogP contribution in [0.5, 0.6) is 0 Å². The first-order chi connectivity index (χ1) is 14.7. The molecule has 5 nitrogen and oxygen atoms in total. The predicted octanol–water partition coefficient (Wildman–Crippen LogP) is 5.45. The fourth-order valence-electron chi connectivity index (χ4n) is 3.20. The number of hydrogen-bond donors (Lipinski definition) is 1. The number of aromatic amines is 1. The van der Waals surface area contributed by atoms with Crippen LogP contribution < -0.4 is 0 Å². The van der Waals surface area contributed by atoms with Crippen LogP contribution in [0.3, 0.4) is 0 Å². The number of Topliss-reactive ketones (excluding diaryl/α,β-unsaturated/α-hetero) is 1. The Hall–Kier alpha value is -2.90. The zero-order chi connectivity index (χ0) is 20.9. The van der Waals surface area contributed by atoms with Crippen LogP contribution >= 0.6 is 23.1 Å². The minimum Gasteiger partial charge on any atom is -0.466 e. The highest BCUT2D eigenvalue weighted by Crippen LogP contribution is 2.40. The molecule has 1 N–H and O–H groups in total. The number of thiazole rings is 1. The fraction of sp³-hybridized carbons (Fsp3) is 0.174. The zero-order valence-electron chi connectivity index (χ0n) is 16.3. The van der Waals surface area contributed by atoms with Crippen molar-refractivity contribution in [1.82, 2.24) is 9.97 Å². The Kier molecular flexibility index (Phi) is 6.30. The maximum Gasteiger partial charge on any atom is 0.311 e. The summed E-state index contributed by atoms with van der Waals surface area (Å²) in [5.41, 5.74) is 3.17. The third kappa shape index (κ3) is 4.47. The quantitative estimate of drug-likeness (QED) is 0.226. The van der Waals surface area contributed by atoms with E-state index in [2.05, 4.69) is 9.97 Å². The first-order valence-corrected chi connectivity index (χ1v) is 11.3. The minimum absolute atomic E-state index is 0.0193. The molecule has 1 unspecified atom stereocenters. The van der Waals surface area contributed by atoms with Gasteiger partial charge in [0.2, 0.25) is 0 Å². The van der Waals surface area contributed by atoms with Crippen LogP contribution in [-0.2, 0) is 16.0 Å². The number of benzene rings is 2. The normalized spacial score (nSPS) is 12.0. The number of nitrogens with one attached hydrogen (secondary N) is 1. The highest BCUT2D eigenvalue weighted by Gasteiger charge is 2.26. The number of para-hydroxylation sites is 1. The molecule has 4 rings (SSSR count). The van der Waals surface area contributed by atoms with Gasteiger partial charge in [-0.25, -0.2) is 4.98 Å². The van der Waals surface area contributed by atoms with Crippen molar-refractivity contribution >= 4 is 45.8 Å². The molecule has 2 aromatic carbocycles. The molecule has 7 heteroatoms. The van der Waals surface area contributed by atoms with Gasteiger partial charge < -0.3 is 9.72 Å². The number of ketones is 1. The van der Waals surface area contributed by atoms with Crippen LogP contribution in [0, 0.1) is 0 Å². The van der Waals surface area contributed by atoms with Crippen molar-refractivity contribution in [3.8, 4) is 0 Å². The SMILES string of the molecule is CCOC(=O)Cc1csc(SC(C(=O)c2c[nH]c3ccccc23)c2ccccc2)n1. The molecule has 2 aromatic heterocycles. The average molecular weight is 437 g/mol. The average Bonchev–Trinajstić information content (AvgIpc) is 3.39. The molecule has 0 saturated heterocycles. The number of ether oxygens (including phenoxy) is 1. The van der Waals surface area contributed by atoms with Crippen LogP contribution in [0.25, 0.3) is 10.9 Å². The number of rotatable bonds is 8. The molecule has 0 aliphatic rings. The summed E-state index contributed by atoms with van der Waals surface area (Å²) in [4.78, 5) is 33.0. The summed E-state index contributed by atoms with van der Waals surface area (Å²) < 4.78 is 5.74. The lowest BCUT2D eigenvalue weighted by atomic mass is 10.0. The van der Waals surface area contributed by atoms with Gasteiger partial charge in [-0.2, -0.15) is 0 Å². The minimum atomic E-state index is -0.438. The summed E-state index contributed by atoms with van der Waals surface area (Å²) in [5, 5.41) is 2.32. The van der Waals surface area contributed by atoms with E-state index in [0.29, 0.717) is 17.9 Å². The maximum absolute atomic E-state index is 13.6. The van der Waals surface area contributed by atoms with E-state index in [1.54, 1.807) is 13.1 Å². The molecule has 0 aliphatic heterocycles. The van der Waals surface area contributed by atoms with E-state index in [4.69, 9.17) is 4.74 Å². The summed E-state index contributed by atoms with van der Waals surface area (Å²) in [6.45, 7) is 2.13. The summed E-state index contributed by atoms with van der Waals surface area (Å²) >= 11 is 2.84. The first kappa shape index (κ1) is 20.4. The third-order valence-electron chi connectivity index (χ3n) is 4.58. The molecule has 0 saturated carbocycles. The van der Waals surface area contributed by atoms with E-state index in [-0.39, 0.29) is 18.2 Å². The number of aromatic nitrogens is 2. The Morgan fingerprint density at radius 1 is 1.13 bits per heavy atom. The smallest absolute Gasteiger partial charge is 0.311 e. The number of carbonyl (C=O) groups is 2. The second-order valence-corrected chi connectivity index (χ2v) is 8.82. The standard InChI is InChI=1S/C23H20N2O3S2/c1-2-28-20(26)12-16-14-29-23(25-16)30-22(15-8-4-3-5-9-15)21(27)18-13-24-19-11-7-6-10-17(18)19/h3-11,13-14,22,24H,2,12H2,1H3. The monoisotopic (exact) mass is 436 g/mol. The lowest BCUT2D eigenvalue weighted by Crippen LogP contribution is -2.10. The Morgan fingerprint density at radius 2 is 1.90 bits per heavy atom. The summed E-state index contributed by atoms with van der Waals surface area (Å²) in [7, 11) is 0. The van der Waals surface area contributed by atoms with Gasteiger partial charge in [-0.3, -0.25) is 9.59 Å². The van der Waals surface area contributed by atoms with Crippen LogP contribution in [0.1, 0.15) is 33.8 Å². The maximum atomic E-state index is 13.6. The van der Waals surface area contributed by atoms with Gasteiger partial charge in [0.05, 0.1) is 18.7 Å². The number of carbonyl (C=O) groups excluding carboxylic acids is 2. The summed E-state index contributed by atoms with van der Waals surface area (Å²) in [6.07, 6.45) is 1.91. The van der Waals surface area contributed by atoms with Crippen molar-refractivity contribution < 1.29 is 14.3 Å². The lowest BCUT2D eigenvalue weighted by molar-refractivity contribution is -0.142. The number of thioether (sulfide) groups is 1. The lowest BCUT2D eigenvalue weighted by Gasteiger charge is -2.14. The summed E-state index contributed by atoms with van der Waals surface area (Å²) in [5.74, 6) is -0.278. The van der Waals surface area contributed by atoms with Crippen LogP contribution in [0.4, 0.5) is 0 Å². The Labute approximate surface area is 182 Å². The van der Waals surface area contributed by atoms with Crippen molar-refractivity contribution in [1.29, 1.82) is 0 Å². The molecule has 30 heavy (non-hydrogen) atoms. The number of hydrogen-bond acceptors (Lipinski definition) is 6.